The summed E-state index contributed by atoms with van der Waals surface area (Å²) in [4.78, 5) is 20.5. The van der Waals surface area contributed by atoms with Gasteiger partial charge in [-0.25, -0.2) is 19.6 Å². The number of nitriles is 1. The van der Waals surface area contributed by atoms with E-state index < -0.39 is 5.41 Å². The standard InChI is InChI=1S/C35H41N11O2S/c1-5-45(19(2)21-9-7-13-39-30(21)37)33-23-16-40-46(20(3)25-10-8-14-44(25)4)34(23)42-32(41-33)28-24-17-47-18-35(29(24)48-43-28)12-6-11-26-27(35)22(15-36)31(38)49-26/h7,9,13,16,19-20,25H,5-6,8,10-12,14,17-18,38H2,1-4H3,(H2,37,39)/t19-,20+,25+,35-/m1/s1. The lowest BCUT2D eigenvalue weighted by molar-refractivity contribution is 0.0459. The van der Waals surface area contributed by atoms with Gasteiger partial charge in [-0.3, -0.25) is 0 Å². The maximum absolute atomic E-state index is 10.1. The zero-order valence-electron chi connectivity index (χ0n) is 28.3. The normalized spacial score (nSPS) is 21.8. The van der Waals surface area contributed by atoms with E-state index in [0.29, 0.717) is 59.5 Å². The summed E-state index contributed by atoms with van der Waals surface area (Å²) >= 11 is 1.49. The number of rotatable bonds is 7. The third-order valence-corrected chi connectivity index (χ3v) is 12.1. The Kier molecular flexibility index (Phi) is 7.81. The van der Waals surface area contributed by atoms with Gasteiger partial charge in [0.2, 0.25) is 0 Å². The van der Waals surface area contributed by atoms with Crippen LogP contribution >= 0.6 is 11.3 Å². The van der Waals surface area contributed by atoms with E-state index in [4.69, 9.17) is 35.8 Å². The Labute approximate surface area is 288 Å². The van der Waals surface area contributed by atoms with Crippen molar-refractivity contribution < 1.29 is 9.26 Å². The summed E-state index contributed by atoms with van der Waals surface area (Å²) in [5, 5.41) is 21.1. The summed E-state index contributed by atoms with van der Waals surface area (Å²) in [5.74, 6) is 2.37. The third-order valence-electron chi connectivity index (χ3n) is 11.0. The van der Waals surface area contributed by atoms with E-state index >= 15 is 0 Å². The minimum atomic E-state index is -0.649. The summed E-state index contributed by atoms with van der Waals surface area (Å²) in [7, 11) is 2.18. The number of ether oxygens (including phenoxy) is 1. The van der Waals surface area contributed by atoms with Gasteiger partial charge in [-0.1, -0.05) is 11.2 Å². The van der Waals surface area contributed by atoms with Crippen LogP contribution in [0.2, 0.25) is 0 Å². The lowest BCUT2D eigenvalue weighted by atomic mass is 9.68. The van der Waals surface area contributed by atoms with Gasteiger partial charge in [0, 0.05) is 34.8 Å². The first-order valence-electron chi connectivity index (χ1n) is 17.1. The van der Waals surface area contributed by atoms with Gasteiger partial charge in [0.15, 0.2) is 22.9 Å². The van der Waals surface area contributed by atoms with Crippen molar-refractivity contribution in [3.05, 3.63) is 57.4 Å². The SMILES string of the molecule is CCN(c1nc(-c2noc3c2COC[C@@]32CCCc3sc(N)c(C#N)c32)nc2c1cnn2[C@@H](C)[C@@H]1CCCN1C)[C@H](C)c1cccnc1N. The topological polar surface area (TPSA) is 174 Å². The van der Waals surface area contributed by atoms with Crippen molar-refractivity contribution in [1.29, 1.82) is 5.26 Å². The van der Waals surface area contributed by atoms with Crippen molar-refractivity contribution in [2.75, 3.05) is 43.1 Å². The summed E-state index contributed by atoms with van der Waals surface area (Å²) in [5.41, 5.74) is 16.5. The van der Waals surface area contributed by atoms with Crippen LogP contribution in [0, 0.1) is 11.3 Å². The average molecular weight is 680 g/mol. The van der Waals surface area contributed by atoms with Gasteiger partial charge in [-0.15, -0.1) is 11.3 Å². The molecule has 1 fully saturated rings. The van der Waals surface area contributed by atoms with Gasteiger partial charge in [-0.2, -0.15) is 10.4 Å². The second kappa shape index (κ2) is 12.1. The molecule has 0 saturated carbocycles. The predicted octanol–water partition coefficient (Wildman–Crippen LogP) is 5.37. The molecule has 14 heteroatoms. The maximum Gasteiger partial charge on any atom is 0.186 e. The molecular weight excluding hydrogens is 639 g/mol. The zero-order chi connectivity index (χ0) is 34.0. The van der Waals surface area contributed by atoms with Crippen LogP contribution in [0.4, 0.5) is 16.6 Å². The van der Waals surface area contributed by atoms with E-state index in [9.17, 15) is 5.26 Å². The Hall–Kier alpha value is -4.58. The van der Waals surface area contributed by atoms with Crippen LogP contribution in [0.15, 0.2) is 29.0 Å². The van der Waals surface area contributed by atoms with Crippen molar-refractivity contribution in [3.63, 3.8) is 0 Å². The Balaban J connectivity index is 1.31. The minimum absolute atomic E-state index is 0.0778. The molecule has 3 aliphatic rings. The smallest absolute Gasteiger partial charge is 0.186 e. The van der Waals surface area contributed by atoms with Crippen LogP contribution in [0.1, 0.15) is 91.4 Å². The predicted molar refractivity (Wildman–Crippen MR) is 188 cm³/mol. The molecule has 1 aliphatic carbocycles. The number of anilines is 3. The molecule has 7 heterocycles. The van der Waals surface area contributed by atoms with Gasteiger partial charge >= 0.3 is 0 Å². The van der Waals surface area contributed by atoms with Crippen LogP contribution in [0.3, 0.4) is 0 Å². The lowest BCUT2D eigenvalue weighted by Crippen LogP contribution is -2.40. The fourth-order valence-electron chi connectivity index (χ4n) is 8.53. The Morgan fingerprint density at radius 1 is 1.24 bits per heavy atom. The first-order valence-corrected chi connectivity index (χ1v) is 17.9. The van der Waals surface area contributed by atoms with Crippen molar-refractivity contribution >= 4 is 39.0 Å². The van der Waals surface area contributed by atoms with Gasteiger partial charge in [0.25, 0.3) is 0 Å². The van der Waals surface area contributed by atoms with Crippen LogP contribution in [0.25, 0.3) is 22.6 Å². The summed E-state index contributed by atoms with van der Waals surface area (Å²) in [6.07, 6.45) is 8.40. The summed E-state index contributed by atoms with van der Waals surface area (Å²) in [6.45, 7) is 8.83. The molecule has 49 heavy (non-hydrogen) atoms. The third kappa shape index (κ3) is 4.81. The Bertz CT molecular complexity index is 2090. The van der Waals surface area contributed by atoms with Crippen LogP contribution in [-0.2, 0) is 23.2 Å². The molecule has 4 atom stereocenters. The average Bonchev–Trinajstić information content (AvgIpc) is 3.90. The van der Waals surface area contributed by atoms with E-state index in [1.807, 2.05) is 23.0 Å². The monoisotopic (exact) mass is 679 g/mol. The first kappa shape index (κ1) is 31.7. The van der Waals surface area contributed by atoms with Crippen LogP contribution < -0.4 is 16.4 Å². The molecule has 8 rings (SSSR count). The van der Waals surface area contributed by atoms with Gasteiger partial charge in [0.1, 0.15) is 22.7 Å². The number of nitrogens with zero attached hydrogens (tertiary/aromatic N) is 9. The first-order chi connectivity index (χ1) is 23.8. The molecule has 1 saturated heterocycles. The van der Waals surface area contributed by atoms with Crippen molar-refractivity contribution in [3.8, 4) is 17.6 Å². The largest absolute Gasteiger partial charge is 0.389 e. The molecule has 0 radical (unpaired) electrons. The number of pyridine rings is 1. The van der Waals surface area contributed by atoms with E-state index in [2.05, 4.69) is 53.8 Å². The second-order valence-corrected chi connectivity index (χ2v) is 14.7. The van der Waals surface area contributed by atoms with Crippen LogP contribution in [-0.4, -0.2) is 67.6 Å². The molecule has 0 aromatic carbocycles. The molecule has 5 aromatic heterocycles. The molecule has 0 unspecified atom stereocenters. The van der Waals surface area contributed by atoms with Gasteiger partial charge in [0.05, 0.1) is 53.4 Å². The zero-order valence-corrected chi connectivity index (χ0v) is 29.1. The summed E-state index contributed by atoms with van der Waals surface area (Å²) < 4.78 is 14.7. The van der Waals surface area contributed by atoms with Gasteiger partial charge < -0.3 is 30.5 Å². The quantitative estimate of drug-likeness (QED) is 0.225. The van der Waals surface area contributed by atoms with E-state index in [0.717, 1.165) is 77.1 Å². The fraction of sp³-hybridized carbons (Fsp3) is 0.486. The van der Waals surface area contributed by atoms with Crippen molar-refractivity contribution in [1.82, 2.24) is 34.8 Å². The Morgan fingerprint density at radius 2 is 2.10 bits per heavy atom. The van der Waals surface area contributed by atoms with Gasteiger partial charge in [-0.05, 0) is 72.5 Å². The molecule has 4 N–H and O–H groups in total. The molecule has 13 nitrogen and oxygen atoms in total. The number of nitrogen functional groups attached to an aromatic ring is 2. The number of likely N-dealkylation sites (tertiary alicyclic amines) is 1. The van der Waals surface area contributed by atoms with Crippen molar-refractivity contribution in [2.45, 2.75) is 83.0 Å². The molecule has 5 aromatic rings. The van der Waals surface area contributed by atoms with E-state index in [1.54, 1.807) is 6.20 Å². The highest BCUT2D eigenvalue weighted by Gasteiger charge is 2.50. The number of fused-ring (bicyclic) bond motifs is 5. The number of aromatic nitrogens is 6. The molecular formula is C35H41N11O2S. The highest BCUT2D eigenvalue weighted by atomic mass is 32.1. The number of hydrogen-bond donors (Lipinski definition) is 2. The number of aryl methyl sites for hydroxylation is 1. The number of likely N-dealkylation sites (N-methyl/N-ethyl adjacent to an activating group) is 1. The fourth-order valence-corrected chi connectivity index (χ4v) is 9.69. The van der Waals surface area contributed by atoms with E-state index in [1.165, 1.54) is 11.3 Å². The lowest BCUT2D eigenvalue weighted by Gasteiger charge is -2.38. The number of hydrogen-bond acceptors (Lipinski definition) is 13. The Morgan fingerprint density at radius 3 is 2.86 bits per heavy atom. The van der Waals surface area contributed by atoms with E-state index in [-0.39, 0.29) is 12.1 Å². The molecule has 2 aliphatic heterocycles. The highest BCUT2D eigenvalue weighted by molar-refractivity contribution is 7.16. The molecule has 1 spiro atoms. The van der Waals surface area contributed by atoms with Crippen molar-refractivity contribution in [2.24, 2.45) is 0 Å². The number of nitrogens with two attached hydrogens (primary N) is 2. The van der Waals surface area contributed by atoms with Crippen LogP contribution in [0.5, 0.6) is 0 Å². The second-order valence-electron chi connectivity index (χ2n) is 13.6. The minimum Gasteiger partial charge on any atom is -0.389 e. The molecule has 0 amide bonds. The highest BCUT2D eigenvalue weighted by Crippen LogP contribution is 2.52. The number of thiophene rings is 1. The molecule has 254 valence electrons. The maximum atomic E-state index is 10.1. The summed E-state index contributed by atoms with van der Waals surface area (Å²) in [6, 6.07) is 6.55. The molecule has 0 bridgehead atoms.